The van der Waals surface area contributed by atoms with Crippen LogP contribution < -0.4 is 10.4 Å². The summed E-state index contributed by atoms with van der Waals surface area (Å²) in [6.07, 6.45) is 0.952. The van der Waals surface area contributed by atoms with Gasteiger partial charge >= 0.3 is 7.60 Å². The smallest absolute Gasteiger partial charge is 0.351 e. The SMILES string of the molecule is CC(C)(C)[Si](OCC1(OCP(=O)(O)O)CC1)(c1ccccc1)c1ccccc1. The zero-order chi connectivity index (χ0) is 20.5. The molecule has 2 aromatic rings. The van der Waals surface area contributed by atoms with E-state index in [0.29, 0.717) is 6.61 Å². The Hall–Kier alpha value is -1.27. The summed E-state index contributed by atoms with van der Waals surface area (Å²) in [6, 6.07) is 20.6. The van der Waals surface area contributed by atoms with Gasteiger partial charge in [0, 0.05) is 0 Å². The molecule has 5 nitrogen and oxygen atoms in total. The molecule has 0 atom stereocenters. The molecule has 3 rings (SSSR count). The summed E-state index contributed by atoms with van der Waals surface area (Å²) >= 11 is 0. The van der Waals surface area contributed by atoms with Crippen molar-refractivity contribution in [1.29, 1.82) is 0 Å². The molecular formula is C21H29O5PSi. The van der Waals surface area contributed by atoms with E-state index in [0.717, 1.165) is 12.8 Å². The topological polar surface area (TPSA) is 76.0 Å². The first-order chi connectivity index (χ1) is 13.1. The molecule has 1 aliphatic carbocycles. The minimum Gasteiger partial charge on any atom is -0.404 e. The third kappa shape index (κ3) is 4.65. The molecule has 1 fully saturated rings. The third-order valence-electron chi connectivity index (χ3n) is 5.32. The zero-order valence-corrected chi connectivity index (χ0v) is 18.6. The van der Waals surface area contributed by atoms with Gasteiger partial charge in [-0.25, -0.2) is 0 Å². The minimum atomic E-state index is -4.20. The lowest BCUT2D eigenvalue weighted by Crippen LogP contribution is -2.67. The quantitative estimate of drug-likeness (QED) is 0.507. The normalized spacial score (nSPS) is 16.8. The summed E-state index contributed by atoms with van der Waals surface area (Å²) in [6.45, 7) is 6.94. The van der Waals surface area contributed by atoms with Gasteiger partial charge in [0.25, 0.3) is 8.32 Å². The lowest BCUT2D eigenvalue weighted by atomic mass is 10.2. The largest absolute Gasteiger partial charge is 0.404 e. The minimum absolute atomic E-state index is 0.144. The van der Waals surface area contributed by atoms with E-state index in [1.807, 2.05) is 36.4 Å². The van der Waals surface area contributed by atoms with Gasteiger partial charge in [0.1, 0.15) is 6.35 Å². The molecule has 152 valence electrons. The monoisotopic (exact) mass is 420 g/mol. The van der Waals surface area contributed by atoms with Crippen LogP contribution >= 0.6 is 7.60 Å². The highest BCUT2D eigenvalue weighted by molar-refractivity contribution is 7.51. The van der Waals surface area contributed by atoms with Crippen molar-refractivity contribution in [2.45, 2.75) is 44.3 Å². The van der Waals surface area contributed by atoms with E-state index >= 15 is 0 Å². The summed E-state index contributed by atoms with van der Waals surface area (Å²) in [5, 5.41) is 2.22. The van der Waals surface area contributed by atoms with Gasteiger partial charge < -0.3 is 18.9 Å². The van der Waals surface area contributed by atoms with E-state index in [2.05, 4.69) is 45.0 Å². The summed E-state index contributed by atoms with van der Waals surface area (Å²) in [4.78, 5) is 18.4. The summed E-state index contributed by atoms with van der Waals surface area (Å²) < 4.78 is 23.7. The van der Waals surface area contributed by atoms with Gasteiger partial charge in [-0.1, -0.05) is 81.4 Å². The van der Waals surface area contributed by atoms with Gasteiger partial charge in [-0.15, -0.1) is 0 Å². The molecule has 28 heavy (non-hydrogen) atoms. The maximum atomic E-state index is 11.2. The molecule has 0 aliphatic heterocycles. The zero-order valence-electron chi connectivity index (χ0n) is 16.7. The molecule has 0 unspecified atom stereocenters. The van der Waals surface area contributed by atoms with E-state index < -0.39 is 27.9 Å². The molecule has 2 aromatic carbocycles. The molecule has 1 saturated carbocycles. The van der Waals surface area contributed by atoms with E-state index in [4.69, 9.17) is 9.16 Å². The van der Waals surface area contributed by atoms with Gasteiger partial charge in [-0.05, 0) is 28.3 Å². The van der Waals surface area contributed by atoms with Crippen LogP contribution in [0.15, 0.2) is 60.7 Å². The number of benzene rings is 2. The molecule has 0 spiro atoms. The van der Waals surface area contributed by atoms with Crippen molar-refractivity contribution in [3.63, 3.8) is 0 Å². The first-order valence-corrected chi connectivity index (χ1v) is 13.2. The Kier molecular flexibility index (Phi) is 6.02. The molecule has 7 heteroatoms. The Labute approximate surface area is 168 Å². The standard InChI is InChI=1S/C21H29O5PSi/c1-20(2,3)28(18-10-6-4-7-11-18,19-12-8-5-9-13-19)26-16-21(14-15-21)25-17-27(22,23)24/h4-13H,14-17H2,1-3H3,(H2,22,23,24). The van der Waals surface area contributed by atoms with Crippen molar-refractivity contribution in [3.8, 4) is 0 Å². The third-order valence-corrected chi connectivity index (χ3v) is 10.8. The second kappa shape index (κ2) is 7.86. The number of rotatable bonds is 8. The number of hydrogen-bond donors (Lipinski definition) is 2. The first kappa shape index (κ1) is 21.4. The van der Waals surface area contributed by atoms with Crippen molar-refractivity contribution < 1.29 is 23.5 Å². The molecule has 2 N–H and O–H groups in total. The molecule has 0 saturated heterocycles. The molecule has 0 radical (unpaired) electrons. The lowest BCUT2D eigenvalue weighted by molar-refractivity contribution is 0.0151. The summed E-state index contributed by atoms with van der Waals surface area (Å²) in [5.74, 6) is 0. The van der Waals surface area contributed by atoms with Crippen LogP contribution in [-0.4, -0.2) is 36.7 Å². The van der Waals surface area contributed by atoms with Gasteiger partial charge in [0.15, 0.2) is 0 Å². The fraction of sp³-hybridized carbons (Fsp3) is 0.429. The Morgan fingerprint density at radius 3 is 1.79 bits per heavy atom. The average Bonchev–Trinajstić information content (AvgIpc) is 3.41. The Balaban J connectivity index is 1.97. The molecule has 0 heterocycles. The molecule has 0 amide bonds. The highest BCUT2D eigenvalue weighted by atomic mass is 31.2. The van der Waals surface area contributed by atoms with E-state index in [1.54, 1.807) is 0 Å². The predicted molar refractivity (Wildman–Crippen MR) is 114 cm³/mol. The van der Waals surface area contributed by atoms with Gasteiger partial charge in [-0.2, -0.15) is 0 Å². The van der Waals surface area contributed by atoms with Crippen molar-refractivity contribution in [1.82, 2.24) is 0 Å². The maximum Gasteiger partial charge on any atom is 0.351 e. The molecule has 0 bridgehead atoms. The Bertz CT molecular complexity index is 785. The fourth-order valence-corrected chi connectivity index (χ4v) is 8.77. The second-order valence-electron chi connectivity index (χ2n) is 8.57. The Morgan fingerprint density at radius 1 is 0.964 bits per heavy atom. The van der Waals surface area contributed by atoms with E-state index in [9.17, 15) is 14.4 Å². The molecule has 1 aliphatic rings. The Morgan fingerprint density at radius 2 is 1.43 bits per heavy atom. The van der Waals surface area contributed by atoms with Crippen LogP contribution in [0.2, 0.25) is 5.04 Å². The van der Waals surface area contributed by atoms with Crippen LogP contribution in [0, 0.1) is 0 Å². The molecular weight excluding hydrogens is 391 g/mol. The van der Waals surface area contributed by atoms with Crippen LogP contribution in [0.4, 0.5) is 0 Å². The predicted octanol–water partition coefficient (Wildman–Crippen LogP) is 3.25. The van der Waals surface area contributed by atoms with Gasteiger partial charge in [0.2, 0.25) is 0 Å². The van der Waals surface area contributed by atoms with Crippen LogP contribution in [0.1, 0.15) is 33.6 Å². The van der Waals surface area contributed by atoms with Crippen LogP contribution in [-0.2, 0) is 13.7 Å². The number of ether oxygens (including phenoxy) is 1. The van der Waals surface area contributed by atoms with E-state index in [1.165, 1.54) is 10.4 Å². The highest BCUT2D eigenvalue weighted by Crippen LogP contribution is 2.46. The van der Waals surface area contributed by atoms with E-state index in [-0.39, 0.29) is 5.04 Å². The van der Waals surface area contributed by atoms with Crippen molar-refractivity contribution >= 4 is 26.3 Å². The van der Waals surface area contributed by atoms with Crippen LogP contribution in [0.3, 0.4) is 0 Å². The van der Waals surface area contributed by atoms with Gasteiger partial charge in [0.05, 0.1) is 12.2 Å². The molecule has 0 aromatic heterocycles. The van der Waals surface area contributed by atoms with Crippen molar-refractivity contribution in [2.75, 3.05) is 13.0 Å². The van der Waals surface area contributed by atoms with Crippen molar-refractivity contribution in [3.05, 3.63) is 60.7 Å². The second-order valence-corrected chi connectivity index (χ2v) is 14.5. The average molecular weight is 421 g/mol. The van der Waals surface area contributed by atoms with Crippen LogP contribution in [0.5, 0.6) is 0 Å². The van der Waals surface area contributed by atoms with Gasteiger partial charge in [-0.3, -0.25) is 4.57 Å². The fourth-order valence-electron chi connectivity index (χ4n) is 3.69. The van der Waals surface area contributed by atoms with Crippen molar-refractivity contribution in [2.24, 2.45) is 0 Å². The lowest BCUT2D eigenvalue weighted by Gasteiger charge is -2.43. The summed E-state index contributed by atoms with van der Waals surface area (Å²) in [7, 11) is -6.87. The first-order valence-electron chi connectivity index (χ1n) is 9.52. The summed E-state index contributed by atoms with van der Waals surface area (Å²) in [5.41, 5.74) is -0.589. The van der Waals surface area contributed by atoms with Crippen LogP contribution in [0.25, 0.3) is 0 Å². The highest BCUT2D eigenvalue weighted by Gasteiger charge is 2.54. The maximum absolute atomic E-state index is 11.2. The number of hydrogen-bond acceptors (Lipinski definition) is 3.